The average Bonchev–Trinajstić information content (AvgIpc) is 2.63. The van der Waals surface area contributed by atoms with Gasteiger partial charge < -0.3 is 4.90 Å². The van der Waals surface area contributed by atoms with Gasteiger partial charge in [-0.15, -0.1) is 0 Å². The van der Waals surface area contributed by atoms with E-state index in [1.165, 1.54) is 76.6 Å². The number of aromatic nitrogens is 2. The normalized spacial score (nSPS) is 22.0. The van der Waals surface area contributed by atoms with Crippen LogP contribution in [0.3, 0.4) is 0 Å². The Kier molecular flexibility index (Phi) is 6.23. The highest BCUT2D eigenvalue weighted by Crippen LogP contribution is 2.36. The first-order valence-corrected chi connectivity index (χ1v) is 9.97. The molecular weight excluding hydrogens is 296 g/mol. The van der Waals surface area contributed by atoms with Crippen molar-refractivity contribution in [1.82, 2.24) is 19.8 Å². The zero-order chi connectivity index (χ0) is 16.8. The Morgan fingerprint density at radius 3 is 2.25 bits per heavy atom. The minimum absolute atomic E-state index is 0.356. The monoisotopic (exact) mass is 330 g/mol. The molecule has 1 saturated carbocycles. The van der Waals surface area contributed by atoms with Crippen LogP contribution in [0.1, 0.15) is 69.7 Å². The summed E-state index contributed by atoms with van der Waals surface area (Å²) >= 11 is 0. The van der Waals surface area contributed by atoms with E-state index < -0.39 is 0 Å². The highest BCUT2D eigenvalue weighted by molar-refractivity contribution is 5.07. The summed E-state index contributed by atoms with van der Waals surface area (Å²) in [7, 11) is 0. The van der Waals surface area contributed by atoms with Gasteiger partial charge in [0, 0.05) is 36.6 Å². The maximum absolute atomic E-state index is 4.40. The third-order valence-corrected chi connectivity index (χ3v) is 6.01. The van der Waals surface area contributed by atoms with Crippen LogP contribution in [0, 0.1) is 6.92 Å². The van der Waals surface area contributed by atoms with Crippen LogP contribution >= 0.6 is 0 Å². The maximum atomic E-state index is 4.40. The molecule has 0 radical (unpaired) electrons. The molecule has 4 nitrogen and oxygen atoms in total. The Bertz CT molecular complexity index is 487. The lowest BCUT2D eigenvalue weighted by atomic mass is 9.79. The van der Waals surface area contributed by atoms with Crippen molar-refractivity contribution in [3.05, 3.63) is 23.8 Å². The first-order chi connectivity index (χ1) is 11.7. The molecule has 134 valence electrons. The summed E-state index contributed by atoms with van der Waals surface area (Å²) < 4.78 is 0. The molecule has 0 atom stereocenters. The van der Waals surface area contributed by atoms with Crippen LogP contribution in [0.2, 0.25) is 0 Å². The van der Waals surface area contributed by atoms with E-state index in [9.17, 15) is 0 Å². The SMILES string of the molecule is CCN(Cc1cnc(C)nc1)C1(CN2CCCCC2)CCCCC1. The molecule has 1 aliphatic heterocycles. The van der Waals surface area contributed by atoms with Gasteiger partial charge in [0.25, 0.3) is 0 Å². The molecule has 0 unspecified atom stereocenters. The minimum atomic E-state index is 0.356. The first-order valence-electron chi connectivity index (χ1n) is 9.97. The van der Waals surface area contributed by atoms with Crippen LogP contribution < -0.4 is 0 Å². The summed E-state index contributed by atoms with van der Waals surface area (Å²) in [6.45, 7) is 10.2. The molecule has 1 aromatic heterocycles. The Morgan fingerprint density at radius 2 is 1.62 bits per heavy atom. The van der Waals surface area contributed by atoms with E-state index in [0.29, 0.717) is 5.54 Å². The van der Waals surface area contributed by atoms with E-state index in [1.54, 1.807) is 0 Å². The van der Waals surface area contributed by atoms with Gasteiger partial charge in [-0.1, -0.05) is 32.6 Å². The lowest BCUT2D eigenvalue weighted by Gasteiger charge is -2.49. The second-order valence-corrected chi connectivity index (χ2v) is 7.77. The number of rotatable bonds is 6. The van der Waals surface area contributed by atoms with Gasteiger partial charge in [0.2, 0.25) is 0 Å². The van der Waals surface area contributed by atoms with Crippen molar-refractivity contribution in [3.63, 3.8) is 0 Å². The summed E-state index contributed by atoms with van der Waals surface area (Å²) in [6, 6.07) is 0. The van der Waals surface area contributed by atoms with E-state index in [4.69, 9.17) is 0 Å². The number of likely N-dealkylation sites (N-methyl/N-ethyl adjacent to an activating group) is 1. The fourth-order valence-corrected chi connectivity index (χ4v) is 4.65. The summed E-state index contributed by atoms with van der Waals surface area (Å²) in [6.07, 6.45) is 15.1. The predicted molar refractivity (Wildman–Crippen MR) is 99.0 cm³/mol. The summed E-state index contributed by atoms with van der Waals surface area (Å²) in [5.74, 6) is 0.863. The van der Waals surface area contributed by atoms with Gasteiger partial charge in [-0.05, 0) is 52.2 Å². The van der Waals surface area contributed by atoms with Gasteiger partial charge in [-0.3, -0.25) is 4.90 Å². The molecule has 0 aromatic carbocycles. The third kappa shape index (κ3) is 4.34. The molecule has 0 bridgehead atoms. The minimum Gasteiger partial charge on any atom is -0.301 e. The highest BCUT2D eigenvalue weighted by atomic mass is 15.3. The van der Waals surface area contributed by atoms with Crippen LogP contribution in [0.15, 0.2) is 12.4 Å². The van der Waals surface area contributed by atoms with Crippen LogP contribution in [-0.2, 0) is 6.54 Å². The summed E-state index contributed by atoms with van der Waals surface area (Å²) in [5.41, 5.74) is 1.61. The third-order valence-electron chi connectivity index (χ3n) is 6.01. The highest BCUT2D eigenvalue weighted by Gasteiger charge is 2.38. The van der Waals surface area contributed by atoms with Crippen molar-refractivity contribution in [2.75, 3.05) is 26.2 Å². The van der Waals surface area contributed by atoms with Crippen molar-refractivity contribution in [3.8, 4) is 0 Å². The molecular formula is C20H34N4. The number of piperidine rings is 1. The number of hydrogen-bond acceptors (Lipinski definition) is 4. The van der Waals surface area contributed by atoms with Crippen molar-refractivity contribution in [2.45, 2.75) is 77.3 Å². The number of likely N-dealkylation sites (tertiary alicyclic amines) is 1. The second-order valence-electron chi connectivity index (χ2n) is 7.77. The average molecular weight is 331 g/mol. The van der Waals surface area contributed by atoms with E-state index >= 15 is 0 Å². The summed E-state index contributed by atoms with van der Waals surface area (Å²) in [5, 5.41) is 0. The van der Waals surface area contributed by atoms with Gasteiger partial charge in [0.15, 0.2) is 0 Å². The molecule has 2 fully saturated rings. The molecule has 1 aromatic rings. The van der Waals surface area contributed by atoms with Crippen molar-refractivity contribution in [1.29, 1.82) is 0 Å². The van der Waals surface area contributed by atoms with Gasteiger partial charge >= 0.3 is 0 Å². The van der Waals surface area contributed by atoms with Gasteiger partial charge in [-0.2, -0.15) is 0 Å². The van der Waals surface area contributed by atoms with E-state index in [-0.39, 0.29) is 0 Å². The van der Waals surface area contributed by atoms with Crippen molar-refractivity contribution in [2.24, 2.45) is 0 Å². The Balaban J connectivity index is 1.75. The van der Waals surface area contributed by atoms with Crippen LogP contribution in [0.5, 0.6) is 0 Å². The quantitative estimate of drug-likeness (QED) is 0.794. The fourth-order valence-electron chi connectivity index (χ4n) is 4.65. The Labute approximate surface area is 147 Å². The lowest BCUT2D eigenvalue weighted by Crippen LogP contribution is -2.57. The Morgan fingerprint density at radius 1 is 1.00 bits per heavy atom. The lowest BCUT2D eigenvalue weighted by molar-refractivity contribution is 0.00896. The van der Waals surface area contributed by atoms with Gasteiger partial charge in [0.05, 0.1) is 0 Å². The van der Waals surface area contributed by atoms with E-state index in [0.717, 1.165) is 18.9 Å². The molecule has 2 aliphatic rings. The second kappa shape index (κ2) is 8.39. The van der Waals surface area contributed by atoms with Crippen molar-refractivity contribution < 1.29 is 0 Å². The first kappa shape index (κ1) is 17.8. The maximum Gasteiger partial charge on any atom is 0.125 e. The molecule has 0 spiro atoms. The molecule has 24 heavy (non-hydrogen) atoms. The molecule has 0 amide bonds. The zero-order valence-corrected chi connectivity index (χ0v) is 15.6. The zero-order valence-electron chi connectivity index (χ0n) is 15.6. The topological polar surface area (TPSA) is 32.3 Å². The number of nitrogens with zero attached hydrogens (tertiary/aromatic N) is 4. The molecule has 3 rings (SSSR count). The largest absolute Gasteiger partial charge is 0.301 e. The Hall–Kier alpha value is -1.00. The molecule has 1 saturated heterocycles. The van der Waals surface area contributed by atoms with Crippen LogP contribution in [-0.4, -0.2) is 51.5 Å². The molecule has 1 aliphatic carbocycles. The van der Waals surface area contributed by atoms with E-state index in [1.807, 2.05) is 19.3 Å². The molecule has 0 N–H and O–H groups in total. The summed E-state index contributed by atoms with van der Waals surface area (Å²) in [4.78, 5) is 14.3. The predicted octanol–water partition coefficient (Wildman–Crippen LogP) is 3.80. The van der Waals surface area contributed by atoms with Crippen LogP contribution in [0.25, 0.3) is 0 Å². The number of hydrogen-bond donors (Lipinski definition) is 0. The van der Waals surface area contributed by atoms with E-state index in [2.05, 4.69) is 26.7 Å². The number of aryl methyl sites for hydroxylation is 1. The fraction of sp³-hybridized carbons (Fsp3) is 0.800. The van der Waals surface area contributed by atoms with Gasteiger partial charge in [-0.25, -0.2) is 9.97 Å². The van der Waals surface area contributed by atoms with Crippen molar-refractivity contribution >= 4 is 0 Å². The molecule has 2 heterocycles. The van der Waals surface area contributed by atoms with Gasteiger partial charge in [0.1, 0.15) is 5.82 Å². The van der Waals surface area contributed by atoms with Crippen LogP contribution in [0.4, 0.5) is 0 Å². The molecule has 4 heteroatoms. The standard InChI is InChI=1S/C20H34N4/c1-3-24(16-19-14-21-18(2)22-15-19)20(10-6-4-7-11-20)17-23-12-8-5-9-13-23/h14-15H,3-13,16-17H2,1-2H3. The smallest absolute Gasteiger partial charge is 0.125 e.